The molecule has 0 saturated carbocycles. The Morgan fingerprint density at radius 2 is 0.725 bits per heavy atom. The minimum absolute atomic E-state index is 0.371. The molecule has 2 rings (SSSR count). The summed E-state index contributed by atoms with van der Waals surface area (Å²) in [6, 6.07) is 0. The van der Waals surface area contributed by atoms with Crippen molar-refractivity contribution in [2.24, 2.45) is 10.2 Å². The first kappa shape index (κ1) is 35.0. The van der Waals surface area contributed by atoms with Gasteiger partial charge in [0.15, 0.2) is 0 Å². The molecule has 0 aliphatic carbocycles. The second kappa shape index (κ2) is 18.4. The largest absolute Gasteiger partial charge is 0.493 e. The van der Waals surface area contributed by atoms with Crippen molar-refractivity contribution in [2.45, 2.75) is 119 Å². The summed E-state index contributed by atoms with van der Waals surface area (Å²) in [7, 11) is 0. The Labute approximate surface area is 262 Å². The Kier molecular flexibility index (Phi) is 16.1. The van der Waals surface area contributed by atoms with Crippen LogP contribution in [-0.2, 0) is 0 Å². The van der Waals surface area contributed by atoms with Crippen molar-refractivity contribution < 1.29 is 9.47 Å². The standard InChI is InChI=1S/C32H46Cl4N2O2/c1-7-9-11-13-15-17-19-39-31-21(3)25(33)29(26(34)22(31)4)37-38-30-27(35)23(5)32(24(6)28(30)36)40-20-18-16-14-12-10-8-2/h7-20H2,1-6H3. The average Bonchev–Trinajstić information content (AvgIpc) is 2.94. The maximum Gasteiger partial charge on any atom is 0.128 e. The first-order chi connectivity index (χ1) is 19.2. The fourth-order valence-electron chi connectivity index (χ4n) is 4.69. The van der Waals surface area contributed by atoms with Crippen molar-refractivity contribution in [3.05, 3.63) is 42.3 Å². The lowest BCUT2D eigenvalue weighted by Gasteiger charge is -2.17. The molecule has 0 aliphatic heterocycles. The van der Waals surface area contributed by atoms with Gasteiger partial charge < -0.3 is 9.47 Å². The molecule has 0 unspecified atom stereocenters. The normalized spacial score (nSPS) is 11.6. The van der Waals surface area contributed by atoms with E-state index in [2.05, 4.69) is 24.1 Å². The molecular weight excluding hydrogens is 586 g/mol. The van der Waals surface area contributed by atoms with Crippen molar-refractivity contribution in [1.29, 1.82) is 0 Å². The molecule has 0 spiro atoms. The van der Waals surface area contributed by atoms with E-state index in [4.69, 9.17) is 55.9 Å². The minimum atomic E-state index is 0.371. The summed E-state index contributed by atoms with van der Waals surface area (Å²) in [5, 5.41) is 10.4. The van der Waals surface area contributed by atoms with Gasteiger partial charge in [-0.15, -0.1) is 10.2 Å². The third-order valence-corrected chi connectivity index (χ3v) is 9.10. The molecule has 0 atom stereocenters. The van der Waals surface area contributed by atoms with Crippen LogP contribution in [0.4, 0.5) is 11.4 Å². The van der Waals surface area contributed by atoms with Crippen molar-refractivity contribution >= 4 is 57.8 Å². The molecule has 2 aromatic rings. The van der Waals surface area contributed by atoms with E-state index < -0.39 is 0 Å². The van der Waals surface area contributed by atoms with Crippen molar-refractivity contribution in [2.75, 3.05) is 13.2 Å². The molecule has 0 saturated heterocycles. The van der Waals surface area contributed by atoms with Crippen LogP contribution in [0.3, 0.4) is 0 Å². The van der Waals surface area contributed by atoms with Gasteiger partial charge >= 0.3 is 0 Å². The van der Waals surface area contributed by atoms with Gasteiger partial charge in [-0.1, -0.05) is 124 Å². The van der Waals surface area contributed by atoms with E-state index in [0.29, 0.717) is 56.2 Å². The van der Waals surface area contributed by atoms with Crippen LogP contribution in [0.15, 0.2) is 10.2 Å². The van der Waals surface area contributed by atoms with Gasteiger partial charge in [0.05, 0.1) is 33.3 Å². The SMILES string of the molecule is CCCCCCCCOc1c(C)c(Cl)c(N=Nc2c(Cl)c(C)c(OCCCCCCCC)c(C)c2Cl)c(Cl)c1C. The van der Waals surface area contributed by atoms with Gasteiger partial charge in [0, 0.05) is 22.3 Å². The van der Waals surface area contributed by atoms with Crippen molar-refractivity contribution in [1.82, 2.24) is 0 Å². The van der Waals surface area contributed by atoms with E-state index in [9.17, 15) is 0 Å². The average molecular weight is 633 g/mol. The number of hydrogen-bond acceptors (Lipinski definition) is 4. The summed E-state index contributed by atoms with van der Waals surface area (Å²) in [5.74, 6) is 1.41. The zero-order valence-electron chi connectivity index (χ0n) is 25.1. The predicted molar refractivity (Wildman–Crippen MR) is 174 cm³/mol. The zero-order chi connectivity index (χ0) is 29.7. The fourth-order valence-corrected chi connectivity index (χ4v) is 5.66. The number of rotatable bonds is 18. The Morgan fingerprint density at radius 3 is 1.02 bits per heavy atom. The molecule has 0 fully saturated rings. The van der Waals surface area contributed by atoms with E-state index in [1.807, 2.05) is 27.7 Å². The summed E-state index contributed by atoms with van der Waals surface area (Å²) in [5.41, 5.74) is 3.88. The van der Waals surface area contributed by atoms with Crippen LogP contribution in [0.2, 0.25) is 20.1 Å². The van der Waals surface area contributed by atoms with Gasteiger partial charge in [0.25, 0.3) is 0 Å². The lowest BCUT2D eigenvalue weighted by atomic mass is 10.1. The fraction of sp³-hybridized carbons (Fsp3) is 0.625. The molecule has 0 N–H and O–H groups in total. The number of benzene rings is 2. The zero-order valence-corrected chi connectivity index (χ0v) is 28.1. The molecule has 4 nitrogen and oxygen atoms in total. The number of ether oxygens (including phenoxy) is 2. The Balaban J connectivity index is 2.17. The van der Waals surface area contributed by atoms with Gasteiger partial charge in [-0.3, -0.25) is 0 Å². The van der Waals surface area contributed by atoms with Gasteiger partial charge in [-0.25, -0.2) is 0 Å². The van der Waals surface area contributed by atoms with Crippen LogP contribution in [0, 0.1) is 27.7 Å². The molecule has 0 bridgehead atoms. The highest BCUT2D eigenvalue weighted by Gasteiger charge is 2.21. The first-order valence-electron chi connectivity index (χ1n) is 14.8. The van der Waals surface area contributed by atoms with Crippen LogP contribution in [-0.4, -0.2) is 13.2 Å². The first-order valence-corrected chi connectivity index (χ1v) is 16.3. The van der Waals surface area contributed by atoms with Crippen LogP contribution in [0.5, 0.6) is 11.5 Å². The minimum Gasteiger partial charge on any atom is -0.493 e. The van der Waals surface area contributed by atoms with Gasteiger partial charge in [-0.2, -0.15) is 0 Å². The molecule has 40 heavy (non-hydrogen) atoms. The summed E-state index contributed by atoms with van der Waals surface area (Å²) in [6.45, 7) is 13.3. The molecule has 224 valence electrons. The summed E-state index contributed by atoms with van der Waals surface area (Å²) in [6.07, 6.45) is 14.3. The molecule has 0 aliphatic rings. The molecular formula is C32H46Cl4N2O2. The van der Waals surface area contributed by atoms with Crippen LogP contribution in [0.1, 0.15) is 113 Å². The Morgan fingerprint density at radius 1 is 0.450 bits per heavy atom. The monoisotopic (exact) mass is 630 g/mol. The number of hydrogen-bond donors (Lipinski definition) is 0. The highest BCUT2D eigenvalue weighted by atomic mass is 35.5. The highest BCUT2D eigenvalue weighted by Crippen LogP contribution is 2.48. The van der Waals surface area contributed by atoms with E-state index >= 15 is 0 Å². The second-order valence-electron chi connectivity index (χ2n) is 10.5. The van der Waals surface area contributed by atoms with Crippen LogP contribution >= 0.6 is 46.4 Å². The van der Waals surface area contributed by atoms with Gasteiger partial charge in [0.1, 0.15) is 22.9 Å². The molecule has 0 aromatic heterocycles. The molecule has 2 aromatic carbocycles. The maximum atomic E-state index is 6.71. The van der Waals surface area contributed by atoms with E-state index in [-0.39, 0.29) is 0 Å². The molecule has 0 amide bonds. The highest BCUT2D eigenvalue weighted by molar-refractivity contribution is 6.41. The van der Waals surface area contributed by atoms with E-state index in [1.54, 1.807) is 0 Å². The Bertz CT molecular complexity index is 989. The number of unbranched alkanes of at least 4 members (excludes halogenated alkanes) is 10. The summed E-state index contributed by atoms with van der Waals surface area (Å²) in [4.78, 5) is 0. The molecule has 8 heteroatoms. The van der Waals surface area contributed by atoms with Crippen LogP contribution in [0.25, 0.3) is 0 Å². The smallest absolute Gasteiger partial charge is 0.128 e. The lowest BCUT2D eigenvalue weighted by Crippen LogP contribution is -2.02. The second-order valence-corrected chi connectivity index (χ2v) is 12.1. The topological polar surface area (TPSA) is 43.2 Å². The third-order valence-electron chi connectivity index (χ3n) is 7.25. The van der Waals surface area contributed by atoms with Gasteiger partial charge in [-0.05, 0) is 40.5 Å². The Hall–Kier alpha value is -1.20. The maximum absolute atomic E-state index is 6.71. The summed E-state index contributed by atoms with van der Waals surface area (Å²) < 4.78 is 12.2. The lowest BCUT2D eigenvalue weighted by molar-refractivity contribution is 0.300. The number of nitrogens with zero attached hydrogens (tertiary/aromatic N) is 2. The molecule has 0 radical (unpaired) electrons. The van der Waals surface area contributed by atoms with Gasteiger partial charge in [0.2, 0.25) is 0 Å². The summed E-state index contributed by atoms with van der Waals surface area (Å²) >= 11 is 26.9. The number of halogens is 4. The number of azo groups is 1. The van der Waals surface area contributed by atoms with E-state index in [1.165, 1.54) is 51.4 Å². The van der Waals surface area contributed by atoms with Crippen molar-refractivity contribution in [3.8, 4) is 11.5 Å². The molecule has 0 heterocycles. The quantitative estimate of drug-likeness (QED) is 0.121. The van der Waals surface area contributed by atoms with E-state index in [0.717, 1.165) is 47.9 Å². The van der Waals surface area contributed by atoms with Crippen LogP contribution < -0.4 is 9.47 Å². The predicted octanol–water partition coefficient (Wildman–Crippen LogP) is 13.4. The third kappa shape index (κ3) is 9.68. The van der Waals surface area contributed by atoms with Crippen molar-refractivity contribution in [3.63, 3.8) is 0 Å².